The fourth-order valence-corrected chi connectivity index (χ4v) is 3.85. The fourth-order valence-electron chi connectivity index (χ4n) is 3.04. The molecule has 124 valence electrons. The summed E-state index contributed by atoms with van der Waals surface area (Å²) in [6.07, 6.45) is 2.63. The van der Waals surface area contributed by atoms with Gasteiger partial charge in [0.15, 0.2) is 5.78 Å². The molecule has 0 aliphatic heterocycles. The van der Waals surface area contributed by atoms with Crippen LogP contribution < -0.4 is 5.32 Å². The van der Waals surface area contributed by atoms with Crippen molar-refractivity contribution < 1.29 is 9.59 Å². The zero-order valence-electron chi connectivity index (χ0n) is 13.8. The first-order valence-corrected chi connectivity index (χ1v) is 8.95. The lowest BCUT2D eigenvalue weighted by atomic mass is 9.81. The zero-order valence-corrected chi connectivity index (χ0v) is 14.6. The number of hydrogen-bond donors (Lipinski definition) is 2. The van der Waals surface area contributed by atoms with Crippen LogP contribution in [-0.2, 0) is 6.42 Å². The summed E-state index contributed by atoms with van der Waals surface area (Å²) in [5.74, 6) is 0.175. The van der Waals surface area contributed by atoms with Gasteiger partial charge in [-0.15, -0.1) is 11.3 Å². The summed E-state index contributed by atoms with van der Waals surface area (Å²) < 4.78 is 0. The van der Waals surface area contributed by atoms with E-state index in [2.05, 4.69) is 5.32 Å². The number of amides is 1. The molecular weight excluding hydrogens is 320 g/mol. The van der Waals surface area contributed by atoms with E-state index < -0.39 is 0 Å². The largest absolute Gasteiger partial charge is 0.321 e. The predicted molar refractivity (Wildman–Crippen MR) is 97.6 cm³/mol. The summed E-state index contributed by atoms with van der Waals surface area (Å²) in [6.45, 7) is 3.75. The minimum Gasteiger partial charge on any atom is -0.321 e. The number of carbonyl (C=O) groups is 2. The van der Waals surface area contributed by atoms with Gasteiger partial charge in [0.2, 0.25) is 0 Å². The van der Waals surface area contributed by atoms with E-state index in [1.807, 2.05) is 19.1 Å². The number of thiophene rings is 1. The van der Waals surface area contributed by atoms with Gasteiger partial charge in [0.05, 0.1) is 4.88 Å². The van der Waals surface area contributed by atoms with Crippen molar-refractivity contribution in [2.24, 2.45) is 5.92 Å². The highest BCUT2D eigenvalue weighted by Gasteiger charge is 2.26. The van der Waals surface area contributed by atoms with Gasteiger partial charge in [-0.25, -0.2) is 0 Å². The van der Waals surface area contributed by atoms with Crippen molar-refractivity contribution in [2.75, 3.05) is 5.32 Å². The van der Waals surface area contributed by atoms with Gasteiger partial charge < -0.3 is 10.7 Å². The van der Waals surface area contributed by atoms with Crippen LogP contribution in [0.25, 0.3) is 0 Å². The molecule has 1 unspecified atom stereocenters. The third-order valence-electron chi connectivity index (χ3n) is 4.45. The average molecular weight is 340 g/mol. The first kappa shape index (κ1) is 16.6. The van der Waals surface area contributed by atoms with Crippen molar-refractivity contribution in [3.8, 4) is 0 Å². The molecule has 1 aliphatic rings. The summed E-state index contributed by atoms with van der Waals surface area (Å²) in [4.78, 5) is 26.1. The fraction of sp³-hybridized carbons (Fsp3) is 0.316. The topological polar surface area (TPSA) is 70.0 Å². The number of Topliss-reactive ketones (excluding diaryl/α,β-unsaturated/α-hetero) is 1. The van der Waals surface area contributed by atoms with Crippen LogP contribution in [0.2, 0.25) is 0 Å². The molecule has 0 radical (unpaired) electrons. The van der Waals surface area contributed by atoms with Gasteiger partial charge in [-0.1, -0.05) is 6.92 Å². The maximum absolute atomic E-state index is 12.4. The van der Waals surface area contributed by atoms with Crippen molar-refractivity contribution >= 4 is 34.4 Å². The average Bonchev–Trinajstić information content (AvgIpc) is 3.05. The van der Waals surface area contributed by atoms with Crippen molar-refractivity contribution in [3.63, 3.8) is 0 Å². The Morgan fingerprint density at radius 2 is 2.04 bits per heavy atom. The summed E-state index contributed by atoms with van der Waals surface area (Å²) in [7, 11) is 0. The van der Waals surface area contributed by atoms with Crippen LogP contribution in [-0.4, -0.2) is 17.4 Å². The lowest BCUT2D eigenvalue weighted by Gasteiger charge is -2.22. The lowest BCUT2D eigenvalue weighted by Crippen LogP contribution is -2.22. The van der Waals surface area contributed by atoms with Crippen LogP contribution >= 0.6 is 11.3 Å². The second-order valence-corrected chi connectivity index (χ2v) is 7.21. The third kappa shape index (κ3) is 3.17. The molecule has 0 bridgehead atoms. The molecule has 24 heavy (non-hydrogen) atoms. The highest BCUT2D eigenvalue weighted by molar-refractivity contribution is 7.16. The zero-order chi connectivity index (χ0) is 17.3. The number of rotatable bonds is 4. The molecule has 3 rings (SSSR count). The lowest BCUT2D eigenvalue weighted by molar-refractivity contribution is 0.0898. The minimum absolute atomic E-state index is 0.131. The SMILES string of the molecule is CCC1CCc2cc(NC(=O)c3ccc(C(C)=N)s3)ccc2C1=O. The molecule has 0 fully saturated rings. The molecule has 2 N–H and O–H groups in total. The number of benzene rings is 1. The number of hydrogen-bond acceptors (Lipinski definition) is 4. The summed E-state index contributed by atoms with van der Waals surface area (Å²) >= 11 is 1.31. The number of nitrogens with one attached hydrogen (secondary N) is 2. The van der Waals surface area contributed by atoms with E-state index in [0.29, 0.717) is 16.3 Å². The van der Waals surface area contributed by atoms with Gasteiger partial charge in [-0.05, 0) is 62.1 Å². The summed E-state index contributed by atoms with van der Waals surface area (Å²) in [6, 6.07) is 9.06. The number of aryl methyl sites for hydroxylation is 1. The number of ketones is 1. The predicted octanol–water partition coefficient (Wildman–Crippen LogP) is 4.54. The molecule has 1 aromatic carbocycles. The Morgan fingerprint density at radius 3 is 2.71 bits per heavy atom. The Balaban J connectivity index is 1.78. The normalized spacial score (nSPS) is 16.6. The van der Waals surface area contributed by atoms with Crippen LogP contribution in [0.15, 0.2) is 30.3 Å². The van der Waals surface area contributed by atoms with E-state index in [9.17, 15) is 9.59 Å². The molecule has 5 heteroatoms. The van der Waals surface area contributed by atoms with Crippen LogP contribution in [0, 0.1) is 11.3 Å². The first-order valence-electron chi connectivity index (χ1n) is 8.13. The molecule has 1 aromatic heterocycles. The Morgan fingerprint density at radius 1 is 1.29 bits per heavy atom. The maximum Gasteiger partial charge on any atom is 0.265 e. The molecule has 0 saturated heterocycles. The molecule has 1 amide bonds. The smallest absolute Gasteiger partial charge is 0.265 e. The van der Waals surface area contributed by atoms with E-state index in [1.165, 1.54) is 11.3 Å². The van der Waals surface area contributed by atoms with E-state index in [1.54, 1.807) is 25.1 Å². The third-order valence-corrected chi connectivity index (χ3v) is 5.66. The standard InChI is InChI=1S/C19H20N2O2S/c1-3-12-4-5-13-10-14(6-7-15(13)18(12)22)21-19(23)17-9-8-16(24-17)11(2)20/h6-10,12,20H,3-5H2,1-2H3,(H,21,23). The first-order chi connectivity index (χ1) is 11.5. The van der Waals surface area contributed by atoms with Crippen molar-refractivity contribution in [3.05, 3.63) is 51.2 Å². The van der Waals surface area contributed by atoms with Gasteiger partial charge >= 0.3 is 0 Å². The van der Waals surface area contributed by atoms with Crippen LogP contribution in [0.5, 0.6) is 0 Å². The van der Waals surface area contributed by atoms with Crippen molar-refractivity contribution in [1.82, 2.24) is 0 Å². The summed E-state index contributed by atoms with van der Waals surface area (Å²) in [5.41, 5.74) is 2.98. The second kappa shape index (κ2) is 6.69. The molecule has 2 aromatic rings. The number of anilines is 1. The van der Waals surface area contributed by atoms with Crippen molar-refractivity contribution in [2.45, 2.75) is 33.1 Å². The second-order valence-electron chi connectivity index (χ2n) is 6.12. The van der Waals surface area contributed by atoms with Crippen LogP contribution in [0.3, 0.4) is 0 Å². The van der Waals surface area contributed by atoms with Crippen molar-refractivity contribution in [1.29, 1.82) is 5.41 Å². The highest BCUT2D eigenvalue weighted by Crippen LogP contribution is 2.29. The monoisotopic (exact) mass is 340 g/mol. The molecule has 0 saturated carbocycles. The van der Waals surface area contributed by atoms with E-state index in [4.69, 9.17) is 5.41 Å². The van der Waals surface area contributed by atoms with Gasteiger partial charge in [-0.2, -0.15) is 0 Å². The van der Waals surface area contributed by atoms with Gasteiger partial charge in [0.1, 0.15) is 0 Å². The van der Waals surface area contributed by atoms with Gasteiger partial charge in [0.25, 0.3) is 5.91 Å². The molecule has 0 spiro atoms. The highest BCUT2D eigenvalue weighted by atomic mass is 32.1. The Hall–Kier alpha value is -2.27. The molecule has 1 atom stereocenters. The molecule has 1 aliphatic carbocycles. The van der Waals surface area contributed by atoms with Gasteiger partial charge in [-0.3, -0.25) is 9.59 Å². The van der Waals surface area contributed by atoms with Crippen LogP contribution in [0.1, 0.15) is 57.2 Å². The Kier molecular flexibility index (Phi) is 4.62. The number of carbonyl (C=O) groups excluding carboxylic acids is 2. The van der Waals surface area contributed by atoms with E-state index in [0.717, 1.165) is 35.3 Å². The van der Waals surface area contributed by atoms with E-state index >= 15 is 0 Å². The quantitative estimate of drug-likeness (QED) is 0.802. The van der Waals surface area contributed by atoms with Gasteiger partial charge in [0, 0.05) is 27.8 Å². The summed E-state index contributed by atoms with van der Waals surface area (Å²) in [5, 5.41) is 10.5. The van der Waals surface area contributed by atoms with E-state index in [-0.39, 0.29) is 17.6 Å². The van der Waals surface area contributed by atoms with Crippen LogP contribution in [0.4, 0.5) is 5.69 Å². The molecule has 1 heterocycles. The molecule has 4 nitrogen and oxygen atoms in total. The Labute approximate surface area is 145 Å². The number of fused-ring (bicyclic) bond motifs is 1. The Bertz CT molecular complexity index is 823. The maximum atomic E-state index is 12.4. The minimum atomic E-state index is -0.180. The molecular formula is C19H20N2O2S.